The van der Waals surface area contributed by atoms with E-state index in [1.165, 1.54) is 13.2 Å². The SMILES string of the molecule is COc1n[nH]c(NS(=O)(=O)c2cc(Br)ccc2C)n1. The van der Waals surface area contributed by atoms with E-state index in [9.17, 15) is 8.42 Å². The van der Waals surface area contributed by atoms with Crippen LogP contribution in [-0.4, -0.2) is 30.7 Å². The maximum absolute atomic E-state index is 12.2. The highest BCUT2D eigenvalue weighted by Gasteiger charge is 2.19. The van der Waals surface area contributed by atoms with Crippen LogP contribution in [0.15, 0.2) is 27.6 Å². The van der Waals surface area contributed by atoms with Gasteiger partial charge in [-0.05, 0) is 24.6 Å². The van der Waals surface area contributed by atoms with Crippen LogP contribution in [0.25, 0.3) is 0 Å². The second-order valence-corrected chi connectivity index (χ2v) is 6.25. The van der Waals surface area contributed by atoms with Crippen molar-refractivity contribution in [2.75, 3.05) is 11.8 Å². The van der Waals surface area contributed by atoms with E-state index in [4.69, 9.17) is 4.74 Å². The molecular weight excluding hydrogens is 336 g/mol. The van der Waals surface area contributed by atoms with Gasteiger partial charge in [0, 0.05) is 4.47 Å². The Kier molecular flexibility index (Phi) is 3.76. The van der Waals surface area contributed by atoms with Crippen LogP contribution < -0.4 is 9.46 Å². The van der Waals surface area contributed by atoms with Gasteiger partial charge in [0.25, 0.3) is 10.0 Å². The van der Waals surface area contributed by atoms with Gasteiger partial charge in [-0.15, -0.1) is 5.10 Å². The lowest BCUT2D eigenvalue weighted by molar-refractivity contribution is 0.382. The molecule has 19 heavy (non-hydrogen) atoms. The van der Waals surface area contributed by atoms with Gasteiger partial charge in [0.15, 0.2) is 0 Å². The molecule has 0 aliphatic carbocycles. The van der Waals surface area contributed by atoms with Gasteiger partial charge >= 0.3 is 6.01 Å². The normalized spacial score (nSPS) is 11.3. The quantitative estimate of drug-likeness (QED) is 0.877. The lowest BCUT2D eigenvalue weighted by Crippen LogP contribution is -2.15. The van der Waals surface area contributed by atoms with Crippen LogP contribution in [0.3, 0.4) is 0 Å². The summed E-state index contributed by atoms with van der Waals surface area (Å²) in [7, 11) is -2.34. The van der Waals surface area contributed by atoms with Crippen LogP contribution in [0.5, 0.6) is 6.01 Å². The predicted octanol–water partition coefficient (Wildman–Crippen LogP) is 1.69. The fourth-order valence-electron chi connectivity index (χ4n) is 1.43. The van der Waals surface area contributed by atoms with Crippen molar-refractivity contribution >= 4 is 31.9 Å². The molecule has 0 aliphatic heterocycles. The third-order valence-electron chi connectivity index (χ3n) is 2.32. The number of aryl methyl sites for hydroxylation is 1. The average Bonchev–Trinajstić information content (AvgIpc) is 2.79. The molecule has 0 saturated heterocycles. The minimum Gasteiger partial charge on any atom is -0.466 e. The number of anilines is 1. The molecule has 0 bridgehead atoms. The first-order valence-corrected chi connectivity index (χ1v) is 7.45. The van der Waals surface area contributed by atoms with E-state index in [2.05, 4.69) is 35.8 Å². The zero-order chi connectivity index (χ0) is 14.0. The molecule has 0 unspecified atom stereocenters. The first kappa shape index (κ1) is 13.8. The molecule has 1 aromatic heterocycles. The van der Waals surface area contributed by atoms with Crippen molar-refractivity contribution in [1.29, 1.82) is 0 Å². The number of ether oxygens (including phenoxy) is 1. The molecule has 1 heterocycles. The number of aromatic nitrogens is 3. The van der Waals surface area contributed by atoms with E-state index in [-0.39, 0.29) is 16.9 Å². The van der Waals surface area contributed by atoms with E-state index in [0.29, 0.717) is 10.0 Å². The van der Waals surface area contributed by atoms with E-state index >= 15 is 0 Å². The number of H-pyrrole nitrogens is 1. The summed E-state index contributed by atoms with van der Waals surface area (Å²) in [5.74, 6) is -0.00349. The lowest BCUT2D eigenvalue weighted by atomic mass is 10.2. The number of hydrogen-bond donors (Lipinski definition) is 2. The maximum Gasteiger partial charge on any atom is 0.336 e. The Bertz CT molecular complexity index is 699. The average molecular weight is 347 g/mol. The van der Waals surface area contributed by atoms with Gasteiger partial charge < -0.3 is 4.74 Å². The molecule has 0 spiro atoms. The van der Waals surface area contributed by atoms with Crippen LogP contribution in [-0.2, 0) is 10.0 Å². The number of halogens is 1. The smallest absolute Gasteiger partial charge is 0.336 e. The monoisotopic (exact) mass is 346 g/mol. The molecule has 9 heteroatoms. The maximum atomic E-state index is 12.2. The molecule has 2 N–H and O–H groups in total. The van der Waals surface area contributed by atoms with Crippen molar-refractivity contribution in [3.63, 3.8) is 0 Å². The Morgan fingerprint density at radius 3 is 2.79 bits per heavy atom. The van der Waals surface area contributed by atoms with Gasteiger partial charge in [0.1, 0.15) is 0 Å². The molecule has 7 nitrogen and oxygen atoms in total. The van der Waals surface area contributed by atoms with E-state index in [0.717, 1.165) is 0 Å². The summed E-state index contributed by atoms with van der Waals surface area (Å²) in [4.78, 5) is 3.96. The molecule has 0 fully saturated rings. The van der Waals surface area contributed by atoms with E-state index in [1.807, 2.05) is 0 Å². The van der Waals surface area contributed by atoms with Crippen molar-refractivity contribution in [3.8, 4) is 6.01 Å². The second-order valence-electron chi connectivity index (χ2n) is 3.69. The number of methoxy groups -OCH3 is 1. The predicted molar refractivity (Wildman–Crippen MR) is 72.6 cm³/mol. The summed E-state index contributed by atoms with van der Waals surface area (Å²) in [6.07, 6.45) is 0. The molecule has 0 radical (unpaired) electrons. The van der Waals surface area contributed by atoms with Gasteiger partial charge in [-0.25, -0.2) is 18.2 Å². The van der Waals surface area contributed by atoms with Crippen LogP contribution in [0.2, 0.25) is 0 Å². The van der Waals surface area contributed by atoms with Crippen molar-refractivity contribution in [3.05, 3.63) is 28.2 Å². The Labute approximate surface area is 118 Å². The first-order valence-electron chi connectivity index (χ1n) is 5.18. The molecular formula is C10H11BrN4O3S. The Morgan fingerprint density at radius 1 is 1.42 bits per heavy atom. The van der Waals surface area contributed by atoms with Gasteiger partial charge in [0.2, 0.25) is 5.95 Å². The molecule has 0 aliphatic rings. The topological polar surface area (TPSA) is 97.0 Å². The van der Waals surface area contributed by atoms with E-state index < -0.39 is 10.0 Å². The Balaban J connectivity index is 2.34. The zero-order valence-corrected chi connectivity index (χ0v) is 12.5. The standard InChI is InChI=1S/C10H11BrN4O3S/c1-6-3-4-7(11)5-8(6)19(16,17)15-9-12-10(18-2)14-13-9/h3-5H,1-2H3,(H2,12,13,14,15). The number of rotatable bonds is 4. The third-order valence-corrected chi connectivity index (χ3v) is 4.29. The van der Waals surface area contributed by atoms with Gasteiger partial charge in [-0.2, -0.15) is 4.98 Å². The number of nitrogens with one attached hydrogen (secondary N) is 2. The van der Waals surface area contributed by atoms with Gasteiger partial charge in [0.05, 0.1) is 12.0 Å². The van der Waals surface area contributed by atoms with Crippen LogP contribution in [0, 0.1) is 6.92 Å². The third kappa shape index (κ3) is 3.04. The van der Waals surface area contributed by atoms with Crippen LogP contribution in [0.4, 0.5) is 5.95 Å². The summed E-state index contributed by atoms with van der Waals surface area (Å²) in [6.45, 7) is 1.71. The summed E-state index contributed by atoms with van der Waals surface area (Å²) >= 11 is 3.24. The minimum atomic E-state index is -3.73. The number of nitrogens with zero attached hydrogens (tertiary/aromatic N) is 2. The highest BCUT2D eigenvalue weighted by molar-refractivity contribution is 9.10. The molecule has 2 rings (SSSR count). The second kappa shape index (κ2) is 5.17. The highest BCUT2D eigenvalue weighted by atomic mass is 79.9. The number of aromatic amines is 1. The summed E-state index contributed by atoms with van der Waals surface area (Å²) in [5.41, 5.74) is 0.627. The zero-order valence-electron chi connectivity index (χ0n) is 10.1. The Morgan fingerprint density at radius 2 is 2.16 bits per heavy atom. The molecule has 2 aromatic rings. The fourth-order valence-corrected chi connectivity index (χ4v) is 3.17. The summed E-state index contributed by atoms with van der Waals surface area (Å²) < 4.78 is 32.2. The molecule has 1 aromatic carbocycles. The van der Waals surface area contributed by atoms with Crippen molar-refractivity contribution < 1.29 is 13.2 Å². The molecule has 0 amide bonds. The largest absolute Gasteiger partial charge is 0.466 e. The first-order chi connectivity index (χ1) is 8.92. The minimum absolute atomic E-state index is 0.00349. The van der Waals surface area contributed by atoms with Crippen LogP contribution in [0.1, 0.15) is 5.56 Å². The number of hydrogen-bond acceptors (Lipinski definition) is 5. The fraction of sp³-hybridized carbons (Fsp3) is 0.200. The number of sulfonamides is 1. The van der Waals surface area contributed by atoms with Crippen molar-refractivity contribution in [2.24, 2.45) is 0 Å². The number of benzene rings is 1. The van der Waals surface area contributed by atoms with Crippen molar-refractivity contribution in [1.82, 2.24) is 15.2 Å². The highest BCUT2D eigenvalue weighted by Crippen LogP contribution is 2.22. The molecule has 0 saturated carbocycles. The van der Waals surface area contributed by atoms with E-state index in [1.54, 1.807) is 19.1 Å². The van der Waals surface area contributed by atoms with Crippen molar-refractivity contribution in [2.45, 2.75) is 11.8 Å². The summed E-state index contributed by atoms with van der Waals surface area (Å²) in [6, 6.07) is 5.06. The van der Waals surface area contributed by atoms with Crippen LogP contribution >= 0.6 is 15.9 Å². The van der Waals surface area contributed by atoms with Gasteiger partial charge in [-0.1, -0.05) is 22.0 Å². The summed E-state index contributed by atoms with van der Waals surface area (Å²) in [5, 5.41) is 6.09. The lowest BCUT2D eigenvalue weighted by Gasteiger charge is -2.08. The molecule has 0 atom stereocenters. The molecule has 102 valence electrons. The van der Waals surface area contributed by atoms with Gasteiger partial charge in [-0.3, -0.25) is 0 Å². The Hall–Kier alpha value is -1.61.